The number of nitrogens with one attached hydrogen (secondary N) is 2. The van der Waals surface area contributed by atoms with E-state index in [0.717, 1.165) is 12.1 Å². The van der Waals surface area contributed by atoms with E-state index in [4.69, 9.17) is 0 Å². The lowest BCUT2D eigenvalue weighted by Crippen LogP contribution is -2.34. The number of carbonyl (C=O) groups is 2. The molecule has 0 saturated carbocycles. The zero-order valence-corrected chi connectivity index (χ0v) is 15.0. The highest BCUT2D eigenvalue weighted by Crippen LogP contribution is 2.30. The zero-order chi connectivity index (χ0) is 20.9. The first-order valence-corrected chi connectivity index (χ1v) is 8.27. The van der Waals surface area contributed by atoms with Crippen molar-refractivity contribution < 1.29 is 22.8 Å². The third-order valence-electron chi connectivity index (χ3n) is 3.66. The van der Waals surface area contributed by atoms with Crippen molar-refractivity contribution in [2.75, 3.05) is 5.32 Å². The van der Waals surface area contributed by atoms with Crippen LogP contribution in [0.3, 0.4) is 0 Å². The van der Waals surface area contributed by atoms with Crippen molar-refractivity contribution >= 4 is 17.5 Å². The summed E-state index contributed by atoms with van der Waals surface area (Å²) in [6, 6.07) is 8.91. The van der Waals surface area contributed by atoms with Gasteiger partial charge in [-0.1, -0.05) is 12.1 Å². The lowest BCUT2D eigenvalue weighted by molar-refractivity contribution is -0.137. The quantitative estimate of drug-likeness (QED) is 0.751. The van der Waals surface area contributed by atoms with Gasteiger partial charge in [-0.25, -0.2) is 4.79 Å². The number of alkyl halides is 3. The first-order valence-electron chi connectivity index (χ1n) is 8.27. The lowest BCUT2D eigenvalue weighted by Gasteiger charge is -2.15. The highest BCUT2D eigenvalue weighted by atomic mass is 19.4. The summed E-state index contributed by atoms with van der Waals surface area (Å²) in [7, 11) is 0. The Morgan fingerprint density at radius 2 is 1.82 bits per heavy atom. The number of nitrogens with zero attached hydrogens (tertiary/aromatic N) is 2. The van der Waals surface area contributed by atoms with E-state index in [2.05, 4.69) is 15.6 Å². The van der Waals surface area contributed by atoms with Crippen molar-refractivity contribution in [2.45, 2.75) is 32.0 Å². The maximum Gasteiger partial charge on any atom is 0.417 e. The number of hydrogen-bond donors (Lipinski definition) is 2. The highest BCUT2D eigenvalue weighted by Gasteiger charge is 2.32. The molecule has 6 nitrogen and oxygen atoms in total. The number of hydrogen-bond acceptors (Lipinski definition) is 4. The molecule has 2 rings (SSSR count). The first kappa shape index (κ1) is 20.9. The minimum absolute atomic E-state index is 0.0506. The molecule has 1 aromatic carbocycles. The Morgan fingerprint density at radius 1 is 1.14 bits per heavy atom. The first-order chi connectivity index (χ1) is 13.1. The summed E-state index contributed by atoms with van der Waals surface area (Å²) in [6.07, 6.45) is -3.99. The summed E-state index contributed by atoms with van der Waals surface area (Å²) in [5, 5.41) is 14.5. The Bertz CT molecular complexity index is 903. The van der Waals surface area contributed by atoms with Crippen molar-refractivity contribution in [1.29, 1.82) is 5.26 Å². The number of aromatic nitrogens is 1. The van der Waals surface area contributed by atoms with Crippen molar-refractivity contribution in [1.82, 2.24) is 10.3 Å². The number of ketones is 1. The number of benzene rings is 1. The fraction of sp³-hybridized carbons (Fsp3) is 0.263. The molecule has 1 atom stereocenters. The van der Waals surface area contributed by atoms with Crippen molar-refractivity contribution in [3.8, 4) is 6.07 Å². The molecule has 146 valence electrons. The molecule has 2 amide bonds. The van der Waals surface area contributed by atoms with Crippen LogP contribution in [-0.2, 0) is 6.18 Å². The van der Waals surface area contributed by atoms with E-state index in [9.17, 15) is 28.0 Å². The number of Topliss-reactive ketones (excluding diaryl/α,β-unsaturated/α-hetero) is 1. The van der Waals surface area contributed by atoms with Gasteiger partial charge in [0, 0.05) is 17.8 Å². The number of pyridine rings is 1. The van der Waals surface area contributed by atoms with Crippen LogP contribution in [0.5, 0.6) is 0 Å². The van der Waals surface area contributed by atoms with Crippen LogP contribution in [0, 0.1) is 11.3 Å². The maximum atomic E-state index is 12.8. The number of halogens is 3. The van der Waals surface area contributed by atoms with Crippen molar-refractivity contribution in [3.05, 3.63) is 59.4 Å². The third-order valence-corrected chi connectivity index (χ3v) is 3.66. The number of carbonyl (C=O) groups excluding carboxylic acids is 2. The molecular weight excluding hydrogens is 373 g/mol. The molecule has 9 heteroatoms. The van der Waals surface area contributed by atoms with Crippen LogP contribution < -0.4 is 10.6 Å². The van der Waals surface area contributed by atoms with Gasteiger partial charge in [-0.3, -0.25) is 9.78 Å². The number of urea groups is 1. The third kappa shape index (κ3) is 5.07. The molecular formula is C19H17F3N4O2. The normalized spacial score (nSPS) is 12.2. The number of anilines is 1. The largest absolute Gasteiger partial charge is 0.417 e. The van der Waals surface area contributed by atoms with Crippen LogP contribution in [0.25, 0.3) is 0 Å². The van der Waals surface area contributed by atoms with E-state index in [1.54, 1.807) is 32.0 Å². The molecule has 0 aliphatic rings. The molecule has 2 N–H and O–H groups in total. The van der Waals surface area contributed by atoms with Crippen LogP contribution in [0.1, 0.15) is 41.4 Å². The standard InChI is InChI=1S/C19H17F3N4O2/c1-11(2)25-18(28)26-16-6-4-3-5-13(16)17(27)14(9-23)15-8-7-12(10-24-15)19(20,21)22/h3-8,10-11,14H,1-2H3,(H2,25,26,28). The molecule has 1 unspecified atom stereocenters. The van der Waals surface area contributed by atoms with E-state index in [1.165, 1.54) is 12.1 Å². The molecule has 0 radical (unpaired) electrons. The van der Waals surface area contributed by atoms with Crippen LogP contribution in [-0.4, -0.2) is 22.8 Å². The predicted molar refractivity (Wildman–Crippen MR) is 95.7 cm³/mol. The summed E-state index contributed by atoms with van der Waals surface area (Å²) in [5.74, 6) is -2.10. The lowest BCUT2D eigenvalue weighted by atomic mass is 9.94. The van der Waals surface area contributed by atoms with Gasteiger partial charge in [-0.05, 0) is 38.1 Å². The van der Waals surface area contributed by atoms with Gasteiger partial charge in [-0.2, -0.15) is 18.4 Å². The van der Waals surface area contributed by atoms with Gasteiger partial charge in [0.15, 0.2) is 11.7 Å². The van der Waals surface area contributed by atoms with Crippen LogP contribution >= 0.6 is 0 Å². The predicted octanol–water partition coefficient (Wildman–Crippen LogP) is 4.12. The summed E-state index contributed by atoms with van der Waals surface area (Å²) in [4.78, 5) is 28.4. The molecule has 0 aliphatic carbocycles. The van der Waals surface area contributed by atoms with Crippen LogP contribution in [0.15, 0.2) is 42.6 Å². The Kier molecular flexibility index (Phi) is 6.36. The summed E-state index contributed by atoms with van der Waals surface area (Å²) in [5.41, 5.74) is -0.859. The molecule has 0 fully saturated rings. The average Bonchev–Trinajstić information content (AvgIpc) is 2.61. The molecule has 0 bridgehead atoms. The van der Waals surface area contributed by atoms with Gasteiger partial charge in [-0.15, -0.1) is 0 Å². The molecule has 0 spiro atoms. The molecule has 0 saturated heterocycles. The maximum absolute atomic E-state index is 12.8. The molecule has 2 aromatic rings. The number of para-hydroxylation sites is 1. The highest BCUT2D eigenvalue weighted by molar-refractivity contribution is 6.08. The molecule has 28 heavy (non-hydrogen) atoms. The second kappa shape index (κ2) is 8.52. The van der Waals surface area contributed by atoms with E-state index in [1.807, 2.05) is 0 Å². The van der Waals surface area contributed by atoms with Crippen LogP contribution in [0.2, 0.25) is 0 Å². The Morgan fingerprint density at radius 3 is 2.36 bits per heavy atom. The fourth-order valence-corrected chi connectivity index (χ4v) is 2.39. The summed E-state index contributed by atoms with van der Waals surface area (Å²) in [6.45, 7) is 3.53. The second-order valence-corrected chi connectivity index (χ2v) is 6.19. The van der Waals surface area contributed by atoms with Gasteiger partial charge in [0.1, 0.15) is 0 Å². The number of amides is 2. The van der Waals surface area contributed by atoms with E-state index in [0.29, 0.717) is 6.20 Å². The van der Waals surface area contributed by atoms with Gasteiger partial charge in [0.05, 0.1) is 23.0 Å². The molecule has 1 heterocycles. The molecule has 0 aliphatic heterocycles. The monoisotopic (exact) mass is 390 g/mol. The van der Waals surface area contributed by atoms with E-state index < -0.39 is 29.5 Å². The number of rotatable bonds is 5. The minimum atomic E-state index is -4.57. The fourth-order valence-electron chi connectivity index (χ4n) is 2.39. The average molecular weight is 390 g/mol. The minimum Gasteiger partial charge on any atom is -0.336 e. The van der Waals surface area contributed by atoms with E-state index in [-0.39, 0.29) is 23.0 Å². The summed E-state index contributed by atoms with van der Waals surface area (Å²) >= 11 is 0. The van der Waals surface area contributed by atoms with Crippen LogP contribution in [0.4, 0.5) is 23.7 Å². The van der Waals surface area contributed by atoms with Crippen molar-refractivity contribution in [3.63, 3.8) is 0 Å². The Labute approximate surface area is 159 Å². The smallest absolute Gasteiger partial charge is 0.336 e. The Balaban J connectivity index is 2.31. The zero-order valence-electron chi connectivity index (χ0n) is 15.0. The molecule has 1 aromatic heterocycles. The van der Waals surface area contributed by atoms with Gasteiger partial charge in [0.2, 0.25) is 0 Å². The Hall–Kier alpha value is -3.41. The second-order valence-electron chi connectivity index (χ2n) is 6.19. The van der Waals surface area contributed by atoms with Gasteiger partial charge < -0.3 is 10.6 Å². The number of nitriles is 1. The van der Waals surface area contributed by atoms with Crippen molar-refractivity contribution in [2.24, 2.45) is 0 Å². The summed E-state index contributed by atoms with van der Waals surface area (Å²) < 4.78 is 38.0. The topological polar surface area (TPSA) is 94.9 Å². The van der Waals surface area contributed by atoms with Gasteiger partial charge >= 0.3 is 12.2 Å². The SMILES string of the molecule is CC(C)NC(=O)Nc1ccccc1C(=O)C(C#N)c1ccc(C(F)(F)F)cn1. The van der Waals surface area contributed by atoms with Gasteiger partial charge in [0.25, 0.3) is 0 Å². The van der Waals surface area contributed by atoms with E-state index >= 15 is 0 Å².